The minimum Gasteiger partial charge on any atom is -0.463 e. The van der Waals surface area contributed by atoms with Gasteiger partial charge in [0.15, 0.2) is 12.2 Å². The second kappa shape index (κ2) is 13.6. The lowest BCUT2D eigenvalue weighted by Crippen LogP contribution is -2.65. The van der Waals surface area contributed by atoms with Crippen LogP contribution < -0.4 is 5.32 Å². The Balaban J connectivity index is 2.44. The number of halogens is 3. The minimum atomic E-state index is -1.86. The van der Waals surface area contributed by atoms with Crippen molar-refractivity contribution in [2.24, 2.45) is 0 Å². The number of carbonyl (C=O) groups is 4. The van der Waals surface area contributed by atoms with Gasteiger partial charge in [-0.25, -0.2) is 4.79 Å². The Morgan fingerprint density at radius 3 is 2.06 bits per heavy atom. The summed E-state index contributed by atoms with van der Waals surface area (Å²) < 4.78 is 25.2. The number of amides is 1. The van der Waals surface area contributed by atoms with Crippen LogP contribution in [-0.2, 0) is 38.1 Å². The molecule has 10 nitrogen and oxygen atoms in total. The fourth-order valence-electron chi connectivity index (χ4n) is 3.23. The Labute approximate surface area is 227 Å². The van der Waals surface area contributed by atoms with E-state index in [9.17, 15) is 19.2 Å². The summed E-state index contributed by atoms with van der Waals surface area (Å²) in [4.78, 5) is 48.7. The first-order chi connectivity index (χ1) is 16.7. The average Bonchev–Trinajstić information content (AvgIpc) is 2.75. The summed E-state index contributed by atoms with van der Waals surface area (Å²) in [6.45, 7) is 4.57. The number of hydrogen-bond acceptors (Lipinski definition) is 10. The molecule has 36 heavy (non-hydrogen) atoms. The standard InChI is InChI=1S/C22H26Cl3NO9S/c1-11-5-7-15(8-6-11)36-20-17(26-21(30)32-10-22(23,24)25)19(34-14(4)29)18(33-13(3)28)16(35-20)9-31-12(2)27/h5-8,16-20H,9-10H2,1-4H3,(H,26,30)/t16-,17-,18-,19-,20+/m1/s1. The van der Waals surface area contributed by atoms with Crippen LogP contribution in [0, 0.1) is 6.92 Å². The molecule has 5 atom stereocenters. The molecule has 1 aliphatic heterocycles. The zero-order chi connectivity index (χ0) is 27.0. The zero-order valence-corrected chi connectivity index (χ0v) is 22.9. The van der Waals surface area contributed by atoms with E-state index in [4.69, 9.17) is 58.5 Å². The fraction of sp³-hybridized carbons (Fsp3) is 0.545. The smallest absolute Gasteiger partial charge is 0.407 e. The number of alkyl carbamates (subject to hydrolysis) is 1. The first kappa shape index (κ1) is 30.3. The average molecular weight is 587 g/mol. The van der Waals surface area contributed by atoms with Crippen molar-refractivity contribution < 1.29 is 42.9 Å². The highest BCUT2D eigenvalue weighted by Crippen LogP contribution is 2.36. The molecule has 1 aromatic carbocycles. The first-order valence-corrected chi connectivity index (χ1v) is 12.6. The molecule has 0 radical (unpaired) electrons. The van der Waals surface area contributed by atoms with Crippen LogP contribution in [0.2, 0.25) is 0 Å². The van der Waals surface area contributed by atoms with Gasteiger partial charge in [-0.3, -0.25) is 14.4 Å². The fourth-order valence-corrected chi connectivity index (χ4v) is 4.53. The summed E-state index contributed by atoms with van der Waals surface area (Å²) in [7, 11) is 0. The molecule has 0 saturated carbocycles. The highest BCUT2D eigenvalue weighted by atomic mass is 35.6. The van der Waals surface area contributed by atoms with Crippen LogP contribution in [0.3, 0.4) is 0 Å². The van der Waals surface area contributed by atoms with Crippen molar-refractivity contribution in [3.8, 4) is 0 Å². The molecule has 1 amide bonds. The van der Waals surface area contributed by atoms with E-state index in [1.807, 2.05) is 31.2 Å². The number of carbonyl (C=O) groups excluding carboxylic acids is 4. The van der Waals surface area contributed by atoms with Gasteiger partial charge >= 0.3 is 24.0 Å². The molecule has 1 aliphatic rings. The molecule has 1 heterocycles. The Morgan fingerprint density at radius 1 is 0.944 bits per heavy atom. The molecule has 0 bridgehead atoms. The third-order valence-corrected chi connectivity index (χ3v) is 6.13. The van der Waals surface area contributed by atoms with E-state index in [2.05, 4.69) is 5.32 Å². The molecule has 14 heteroatoms. The number of nitrogens with one attached hydrogen (secondary N) is 1. The van der Waals surface area contributed by atoms with Gasteiger partial charge in [0.2, 0.25) is 3.79 Å². The lowest BCUT2D eigenvalue weighted by atomic mass is 9.97. The zero-order valence-electron chi connectivity index (χ0n) is 19.8. The summed E-state index contributed by atoms with van der Waals surface area (Å²) >= 11 is 18.2. The van der Waals surface area contributed by atoms with Crippen molar-refractivity contribution in [1.82, 2.24) is 5.32 Å². The maximum atomic E-state index is 12.6. The van der Waals surface area contributed by atoms with Crippen molar-refractivity contribution in [3.63, 3.8) is 0 Å². The van der Waals surface area contributed by atoms with Gasteiger partial charge in [-0.05, 0) is 19.1 Å². The monoisotopic (exact) mass is 585 g/mol. The maximum Gasteiger partial charge on any atom is 0.407 e. The van der Waals surface area contributed by atoms with E-state index in [0.29, 0.717) is 0 Å². The maximum absolute atomic E-state index is 12.6. The third kappa shape index (κ3) is 10.2. The molecule has 2 rings (SSSR count). The quantitative estimate of drug-likeness (QED) is 0.274. The van der Waals surface area contributed by atoms with Gasteiger partial charge in [0, 0.05) is 25.7 Å². The Kier molecular flexibility index (Phi) is 11.4. The SMILES string of the molecule is CC(=O)OC[C@H]1O[C@@H](Sc2ccc(C)cc2)[C@H](NC(=O)OCC(Cl)(Cl)Cl)[C@@H](OC(C)=O)[C@@H]1OC(C)=O. The van der Waals surface area contributed by atoms with Gasteiger partial charge in [-0.1, -0.05) is 64.3 Å². The van der Waals surface area contributed by atoms with Gasteiger partial charge in [-0.2, -0.15) is 0 Å². The number of ether oxygens (including phenoxy) is 5. The highest BCUT2D eigenvalue weighted by Gasteiger charge is 2.51. The molecule has 0 aliphatic carbocycles. The lowest BCUT2D eigenvalue weighted by Gasteiger charge is -2.44. The van der Waals surface area contributed by atoms with Crippen LogP contribution >= 0.6 is 46.6 Å². The second-order valence-corrected chi connectivity index (χ2v) is 11.5. The molecule has 1 N–H and O–H groups in total. The number of rotatable bonds is 8. The molecular formula is C22H26Cl3NO9S. The summed E-state index contributed by atoms with van der Waals surface area (Å²) in [5.74, 6) is -2.02. The van der Waals surface area contributed by atoms with Crippen LogP contribution in [0.5, 0.6) is 0 Å². The minimum absolute atomic E-state index is 0.305. The molecule has 1 fully saturated rings. The number of alkyl halides is 3. The second-order valence-electron chi connectivity index (χ2n) is 7.79. The van der Waals surface area contributed by atoms with Crippen molar-refractivity contribution in [1.29, 1.82) is 0 Å². The largest absolute Gasteiger partial charge is 0.463 e. The summed E-state index contributed by atoms with van der Waals surface area (Å²) in [5, 5.41) is 2.56. The predicted molar refractivity (Wildman–Crippen MR) is 132 cm³/mol. The van der Waals surface area contributed by atoms with Crippen LogP contribution in [0.25, 0.3) is 0 Å². The predicted octanol–water partition coefficient (Wildman–Crippen LogP) is 3.70. The van der Waals surface area contributed by atoms with E-state index in [0.717, 1.165) is 24.3 Å². The van der Waals surface area contributed by atoms with Crippen molar-refractivity contribution in [3.05, 3.63) is 29.8 Å². The summed E-state index contributed by atoms with van der Waals surface area (Å²) in [5.41, 5.74) is 0.110. The van der Waals surface area contributed by atoms with Crippen molar-refractivity contribution in [2.75, 3.05) is 13.2 Å². The van der Waals surface area contributed by atoms with Crippen molar-refractivity contribution >= 4 is 70.6 Å². The topological polar surface area (TPSA) is 126 Å². The van der Waals surface area contributed by atoms with E-state index >= 15 is 0 Å². The van der Waals surface area contributed by atoms with Crippen LogP contribution in [0.1, 0.15) is 26.3 Å². The molecule has 1 aromatic rings. The van der Waals surface area contributed by atoms with E-state index in [1.54, 1.807) is 0 Å². The number of esters is 3. The van der Waals surface area contributed by atoms with Gasteiger partial charge in [0.1, 0.15) is 30.8 Å². The van der Waals surface area contributed by atoms with Crippen LogP contribution in [0.4, 0.5) is 4.79 Å². The van der Waals surface area contributed by atoms with Crippen LogP contribution in [-0.4, -0.2) is 70.8 Å². The Morgan fingerprint density at radius 2 is 1.53 bits per heavy atom. The third-order valence-electron chi connectivity index (χ3n) is 4.63. The molecule has 0 aromatic heterocycles. The molecule has 1 saturated heterocycles. The van der Waals surface area contributed by atoms with Crippen LogP contribution in [0.15, 0.2) is 29.2 Å². The Hall–Kier alpha value is -1.92. The molecule has 0 unspecified atom stereocenters. The van der Waals surface area contributed by atoms with E-state index in [-0.39, 0.29) is 6.61 Å². The summed E-state index contributed by atoms with van der Waals surface area (Å²) in [6, 6.07) is 6.33. The lowest BCUT2D eigenvalue weighted by molar-refractivity contribution is -0.211. The van der Waals surface area contributed by atoms with Gasteiger partial charge in [0.25, 0.3) is 0 Å². The molecule has 0 spiro atoms. The number of aryl methyl sites for hydroxylation is 1. The number of hydrogen-bond donors (Lipinski definition) is 1. The Bertz CT molecular complexity index is 942. The van der Waals surface area contributed by atoms with E-state index in [1.165, 1.54) is 18.7 Å². The normalized spacial score (nSPS) is 23.8. The molecule has 200 valence electrons. The highest BCUT2D eigenvalue weighted by molar-refractivity contribution is 7.99. The number of benzene rings is 1. The van der Waals surface area contributed by atoms with E-state index < -0.39 is 64.2 Å². The van der Waals surface area contributed by atoms with Crippen molar-refractivity contribution in [2.45, 2.75) is 66.2 Å². The first-order valence-electron chi connectivity index (χ1n) is 10.6. The number of thioether (sulfide) groups is 1. The molecular weight excluding hydrogens is 561 g/mol. The van der Waals surface area contributed by atoms with Gasteiger partial charge < -0.3 is 29.0 Å². The van der Waals surface area contributed by atoms with Gasteiger partial charge in [0.05, 0.1) is 0 Å². The van der Waals surface area contributed by atoms with Gasteiger partial charge in [-0.15, -0.1) is 0 Å². The summed E-state index contributed by atoms with van der Waals surface area (Å²) in [6.07, 6.45) is -4.51.